The minimum absolute atomic E-state index is 0.00913. The molecule has 9 heteroatoms. The number of ether oxygens (including phenoxy) is 1. The zero-order valence-electron chi connectivity index (χ0n) is 18.1. The molecule has 0 radical (unpaired) electrons. The van der Waals surface area contributed by atoms with Crippen LogP contribution in [0.2, 0.25) is 0 Å². The van der Waals surface area contributed by atoms with Crippen molar-refractivity contribution in [3.8, 4) is 17.7 Å². The lowest BCUT2D eigenvalue weighted by atomic mass is 10.2. The molecule has 0 aliphatic rings. The smallest absolute Gasteiger partial charge is 0.291 e. The first kappa shape index (κ1) is 22.8. The summed E-state index contributed by atoms with van der Waals surface area (Å²) in [6.45, 7) is 1.78. The number of hydrogen-bond donors (Lipinski definition) is 1. The topological polar surface area (TPSA) is 122 Å². The number of aromatic nitrogens is 1. The first-order valence-electron chi connectivity index (χ1n) is 10.2. The highest BCUT2D eigenvalue weighted by molar-refractivity contribution is 7.90. The van der Waals surface area contributed by atoms with Crippen LogP contribution in [0.15, 0.2) is 88.3 Å². The Labute approximate surface area is 196 Å². The molecule has 0 bridgehead atoms. The molecule has 0 aliphatic heterocycles. The molecule has 0 saturated heterocycles. The minimum Gasteiger partial charge on any atom is -0.455 e. The summed E-state index contributed by atoms with van der Waals surface area (Å²) in [7, 11) is -3.59. The van der Waals surface area contributed by atoms with Crippen LogP contribution in [-0.2, 0) is 15.6 Å². The van der Waals surface area contributed by atoms with E-state index in [0.717, 1.165) is 0 Å². The van der Waals surface area contributed by atoms with Gasteiger partial charge < -0.3 is 14.5 Å². The first-order valence-corrected chi connectivity index (χ1v) is 11.8. The van der Waals surface area contributed by atoms with Crippen LogP contribution >= 0.6 is 0 Å². The quantitative estimate of drug-likeness (QED) is 0.406. The second-order valence-electron chi connectivity index (χ2n) is 7.34. The molecule has 1 amide bonds. The Morgan fingerprint density at radius 3 is 2.62 bits per heavy atom. The van der Waals surface area contributed by atoms with Crippen molar-refractivity contribution in [1.29, 1.82) is 5.26 Å². The van der Waals surface area contributed by atoms with E-state index in [1.165, 1.54) is 30.5 Å². The van der Waals surface area contributed by atoms with Gasteiger partial charge in [0.05, 0.1) is 4.90 Å². The van der Waals surface area contributed by atoms with Gasteiger partial charge in [-0.1, -0.05) is 18.2 Å². The monoisotopic (exact) mass is 473 g/mol. The summed E-state index contributed by atoms with van der Waals surface area (Å²) in [5.74, 6) is -0.0696. The van der Waals surface area contributed by atoms with E-state index in [4.69, 9.17) is 14.4 Å². The van der Waals surface area contributed by atoms with Crippen LogP contribution in [0.25, 0.3) is 0 Å². The number of rotatable bonds is 7. The fraction of sp³-hybridized carbons (Fsp3) is 0.0800. The third-order valence-electron chi connectivity index (χ3n) is 4.87. The molecule has 2 aromatic carbocycles. The van der Waals surface area contributed by atoms with Crippen LogP contribution in [0, 0.1) is 18.3 Å². The Morgan fingerprint density at radius 2 is 1.88 bits per heavy atom. The summed E-state index contributed by atoms with van der Waals surface area (Å²) in [5, 5.41) is 11.9. The van der Waals surface area contributed by atoms with E-state index in [0.29, 0.717) is 22.6 Å². The largest absolute Gasteiger partial charge is 0.455 e. The van der Waals surface area contributed by atoms with Gasteiger partial charge in [0.1, 0.15) is 28.9 Å². The number of nitrogens with zero attached hydrogens (tertiary/aromatic N) is 2. The van der Waals surface area contributed by atoms with Crippen molar-refractivity contribution in [3.05, 3.63) is 102 Å². The van der Waals surface area contributed by atoms with Gasteiger partial charge in [-0.2, -0.15) is 5.26 Å². The average molecular weight is 474 g/mol. The number of nitrogens with one attached hydrogen (secondary N) is 1. The normalized spacial score (nSPS) is 10.9. The van der Waals surface area contributed by atoms with Crippen LogP contribution in [0.1, 0.15) is 27.4 Å². The Kier molecular flexibility index (Phi) is 6.43. The van der Waals surface area contributed by atoms with Crippen molar-refractivity contribution in [2.75, 3.05) is 5.32 Å². The second kappa shape index (κ2) is 9.60. The van der Waals surface area contributed by atoms with E-state index >= 15 is 0 Å². The predicted molar refractivity (Wildman–Crippen MR) is 124 cm³/mol. The summed E-state index contributed by atoms with van der Waals surface area (Å²) >= 11 is 0. The van der Waals surface area contributed by atoms with Gasteiger partial charge in [-0.25, -0.2) is 13.4 Å². The number of benzene rings is 2. The fourth-order valence-electron chi connectivity index (χ4n) is 3.17. The lowest BCUT2D eigenvalue weighted by Crippen LogP contribution is -2.12. The van der Waals surface area contributed by atoms with Crippen LogP contribution in [0.5, 0.6) is 11.6 Å². The SMILES string of the molecule is Cc1cc(Oc2ncccc2C#N)ccc1NC(=O)c1ccc(CS(=O)(=O)c2ccccc2)o1. The zero-order chi connectivity index (χ0) is 24.1. The van der Waals surface area contributed by atoms with Crippen molar-refractivity contribution < 1.29 is 22.4 Å². The molecule has 4 aromatic rings. The summed E-state index contributed by atoms with van der Waals surface area (Å²) in [5.41, 5.74) is 1.54. The summed E-state index contributed by atoms with van der Waals surface area (Å²) in [4.78, 5) is 16.9. The van der Waals surface area contributed by atoms with Crippen molar-refractivity contribution in [1.82, 2.24) is 4.98 Å². The Morgan fingerprint density at radius 1 is 1.09 bits per heavy atom. The highest BCUT2D eigenvalue weighted by Gasteiger charge is 2.19. The molecule has 0 spiro atoms. The molecule has 8 nitrogen and oxygen atoms in total. The number of hydrogen-bond acceptors (Lipinski definition) is 7. The third kappa shape index (κ3) is 5.14. The number of pyridine rings is 1. The maximum absolute atomic E-state index is 12.6. The summed E-state index contributed by atoms with van der Waals surface area (Å²) in [6, 6.07) is 21.2. The molecule has 0 aliphatic carbocycles. The van der Waals surface area contributed by atoms with E-state index in [1.807, 2.05) is 6.07 Å². The van der Waals surface area contributed by atoms with Gasteiger partial charge in [0.25, 0.3) is 5.91 Å². The standard InChI is InChI=1S/C25H19N3O5S/c1-17-14-19(33-25-18(15-26)6-5-13-27-25)9-11-22(17)28-24(29)23-12-10-20(32-23)16-34(30,31)21-7-3-2-4-8-21/h2-14H,16H2,1H3,(H,28,29). The van der Waals surface area contributed by atoms with Crippen molar-refractivity contribution in [3.63, 3.8) is 0 Å². The van der Waals surface area contributed by atoms with Gasteiger partial charge in [0, 0.05) is 11.9 Å². The third-order valence-corrected chi connectivity index (χ3v) is 6.53. The number of furan rings is 1. The first-order chi connectivity index (χ1) is 16.4. The Hall–Kier alpha value is -4.42. The van der Waals surface area contributed by atoms with Gasteiger partial charge >= 0.3 is 0 Å². The molecular formula is C25H19N3O5S. The van der Waals surface area contributed by atoms with Gasteiger partial charge in [0.15, 0.2) is 15.6 Å². The highest BCUT2D eigenvalue weighted by atomic mass is 32.2. The molecule has 4 rings (SSSR count). The van der Waals surface area contributed by atoms with Gasteiger partial charge in [-0.05, 0) is 67.1 Å². The Bertz CT molecular complexity index is 1490. The summed E-state index contributed by atoms with van der Waals surface area (Å²) in [6.07, 6.45) is 1.53. The fourth-order valence-corrected chi connectivity index (χ4v) is 4.44. The van der Waals surface area contributed by atoms with E-state index in [2.05, 4.69) is 10.3 Å². The molecule has 1 N–H and O–H groups in total. The lowest BCUT2D eigenvalue weighted by molar-refractivity contribution is 0.0995. The maximum atomic E-state index is 12.6. The van der Waals surface area contributed by atoms with E-state index in [1.54, 1.807) is 55.5 Å². The zero-order valence-corrected chi connectivity index (χ0v) is 18.9. The maximum Gasteiger partial charge on any atom is 0.291 e. The molecular weight excluding hydrogens is 454 g/mol. The predicted octanol–water partition coefficient (Wildman–Crippen LogP) is 4.87. The van der Waals surface area contributed by atoms with E-state index in [9.17, 15) is 13.2 Å². The van der Waals surface area contributed by atoms with Gasteiger partial charge in [0.2, 0.25) is 5.88 Å². The molecule has 2 aromatic heterocycles. The molecule has 0 fully saturated rings. The number of carbonyl (C=O) groups is 1. The van der Waals surface area contributed by atoms with Crippen LogP contribution < -0.4 is 10.1 Å². The van der Waals surface area contributed by atoms with Crippen LogP contribution in [-0.4, -0.2) is 19.3 Å². The van der Waals surface area contributed by atoms with E-state index in [-0.39, 0.29) is 28.0 Å². The number of anilines is 1. The lowest BCUT2D eigenvalue weighted by Gasteiger charge is -2.10. The van der Waals surface area contributed by atoms with Crippen LogP contribution in [0.3, 0.4) is 0 Å². The molecule has 0 unspecified atom stereocenters. The molecule has 170 valence electrons. The number of nitriles is 1. The van der Waals surface area contributed by atoms with Gasteiger partial charge in [-0.15, -0.1) is 0 Å². The highest BCUT2D eigenvalue weighted by Crippen LogP contribution is 2.27. The van der Waals surface area contributed by atoms with Crippen molar-refractivity contribution in [2.24, 2.45) is 0 Å². The number of aryl methyl sites for hydroxylation is 1. The average Bonchev–Trinajstić information content (AvgIpc) is 3.29. The van der Waals surface area contributed by atoms with E-state index < -0.39 is 15.7 Å². The molecule has 2 heterocycles. The molecule has 0 atom stereocenters. The number of amides is 1. The summed E-state index contributed by atoms with van der Waals surface area (Å²) < 4.78 is 36.2. The van der Waals surface area contributed by atoms with Crippen molar-refractivity contribution in [2.45, 2.75) is 17.6 Å². The molecule has 34 heavy (non-hydrogen) atoms. The molecule has 0 saturated carbocycles. The number of sulfone groups is 1. The number of carbonyl (C=O) groups excluding carboxylic acids is 1. The van der Waals surface area contributed by atoms with Crippen LogP contribution in [0.4, 0.5) is 5.69 Å². The second-order valence-corrected chi connectivity index (χ2v) is 9.33. The van der Waals surface area contributed by atoms with Crippen molar-refractivity contribution >= 4 is 21.4 Å². The minimum atomic E-state index is -3.59. The van der Waals surface area contributed by atoms with Gasteiger partial charge in [-0.3, -0.25) is 4.79 Å². The Balaban J connectivity index is 1.44.